The van der Waals surface area contributed by atoms with Gasteiger partial charge >= 0.3 is 0 Å². The van der Waals surface area contributed by atoms with Crippen molar-refractivity contribution in [1.82, 2.24) is 15.5 Å². The van der Waals surface area contributed by atoms with Crippen LogP contribution in [0.4, 0.5) is 4.39 Å². The number of halogens is 1. The summed E-state index contributed by atoms with van der Waals surface area (Å²) >= 11 is 0. The van der Waals surface area contributed by atoms with Gasteiger partial charge in [0.25, 0.3) is 0 Å². The van der Waals surface area contributed by atoms with Gasteiger partial charge in [0.05, 0.1) is 13.7 Å². The Balaban J connectivity index is 1.01. The molecule has 6 nitrogen and oxygen atoms in total. The first kappa shape index (κ1) is 23.6. The number of rotatable bonds is 8. The number of ether oxygens (including phenoxy) is 1. The minimum atomic E-state index is -0.340. The van der Waals surface area contributed by atoms with Gasteiger partial charge in [-0.1, -0.05) is 6.07 Å². The van der Waals surface area contributed by atoms with E-state index in [2.05, 4.69) is 15.5 Å². The molecule has 5 aliphatic rings. The van der Waals surface area contributed by atoms with E-state index in [4.69, 9.17) is 4.74 Å². The fourth-order valence-corrected chi connectivity index (χ4v) is 7.67. The van der Waals surface area contributed by atoms with Crippen LogP contribution in [0, 0.1) is 29.0 Å². The summed E-state index contributed by atoms with van der Waals surface area (Å²) in [6.07, 6.45) is 10.0. The van der Waals surface area contributed by atoms with E-state index >= 15 is 0 Å². The van der Waals surface area contributed by atoms with Crippen molar-refractivity contribution in [2.24, 2.45) is 23.2 Å². The predicted molar refractivity (Wildman–Crippen MR) is 128 cm³/mol. The summed E-state index contributed by atoms with van der Waals surface area (Å²) in [6, 6.07) is 5.20. The number of likely N-dealkylation sites (tertiary alicyclic amines) is 1. The minimum Gasteiger partial charge on any atom is -0.494 e. The Labute approximate surface area is 202 Å². The zero-order valence-electron chi connectivity index (χ0n) is 20.3. The number of carbonyl (C=O) groups is 2. The molecule has 6 rings (SSSR count). The topological polar surface area (TPSA) is 70.7 Å². The molecular weight excluding hydrogens is 433 g/mol. The summed E-state index contributed by atoms with van der Waals surface area (Å²) in [6.45, 7) is 2.44. The van der Waals surface area contributed by atoms with Crippen LogP contribution in [0.5, 0.6) is 5.75 Å². The summed E-state index contributed by atoms with van der Waals surface area (Å²) in [5, 5.41) is 5.98. The Morgan fingerprint density at radius 2 is 1.71 bits per heavy atom. The highest BCUT2D eigenvalue weighted by atomic mass is 19.1. The number of amides is 2. The standard InChI is InChI=1S/C27H38FN3O3/c1-34-24-3-2-18(11-23(24)28)17-31-6-4-22(5-7-31)30-26(33)16-29-25(32)15-27-12-19-8-20(13-27)10-21(9-19)14-27/h2-3,11,19-22H,4-10,12-17H2,1H3,(H,29,32)(H,30,33). The molecule has 1 saturated heterocycles. The van der Waals surface area contributed by atoms with E-state index in [9.17, 15) is 14.0 Å². The number of hydrogen-bond acceptors (Lipinski definition) is 4. The quantitative estimate of drug-likeness (QED) is 0.607. The van der Waals surface area contributed by atoms with Gasteiger partial charge in [-0.05, 0) is 92.2 Å². The molecule has 1 aliphatic heterocycles. The zero-order chi connectivity index (χ0) is 23.7. The smallest absolute Gasteiger partial charge is 0.239 e. The van der Waals surface area contributed by atoms with Gasteiger partial charge in [-0.25, -0.2) is 4.39 Å². The lowest BCUT2D eigenvalue weighted by atomic mass is 9.49. The van der Waals surface area contributed by atoms with Crippen LogP contribution in [-0.4, -0.2) is 49.5 Å². The lowest BCUT2D eigenvalue weighted by Crippen LogP contribution is -2.49. The Kier molecular flexibility index (Phi) is 6.83. The van der Waals surface area contributed by atoms with Gasteiger partial charge in [-0.3, -0.25) is 14.5 Å². The van der Waals surface area contributed by atoms with Crippen molar-refractivity contribution in [1.29, 1.82) is 0 Å². The normalized spacial score (nSPS) is 30.8. The predicted octanol–water partition coefficient (Wildman–Crippen LogP) is 3.64. The molecule has 4 aliphatic carbocycles. The minimum absolute atomic E-state index is 0.0404. The second-order valence-corrected chi connectivity index (χ2v) is 11.5. The molecule has 186 valence electrons. The molecule has 0 spiro atoms. The Hall–Kier alpha value is -2.15. The SMILES string of the molecule is COc1ccc(CN2CCC(NC(=O)CNC(=O)CC34CC5CC(CC(C5)C3)C4)CC2)cc1F. The highest BCUT2D eigenvalue weighted by Crippen LogP contribution is 2.61. The molecule has 2 amide bonds. The first-order chi connectivity index (χ1) is 16.4. The number of hydrogen-bond donors (Lipinski definition) is 2. The van der Waals surface area contributed by atoms with Gasteiger partial charge in [0, 0.05) is 32.1 Å². The third-order valence-electron chi connectivity index (χ3n) is 8.72. The van der Waals surface area contributed by atoms with Gasteiger partial charge in [0.15, 0.2) is 11.6 Å². The van der Waals surface area contributed by atoms with Crippen LogP contribution < -0.4 is 15.4 Å². The van der Waals surface area contributed by atoms with Crippen LogP contribution in [0.1, 0.15) is 63.4 Å². The van der Waals surface area contributed by atoms with E-state index in [1.807, 2.05) is 6.07 Å². The first-order valence-electron chi connectivity index (χ1n) is 13.0. The van der Waals surface area contributed by atoms with E-state index in [1.165, 1.54) is 51.7 Å². The largest absolute Gasteiger partial charge is 0.494 e. The molecule has 0 aromatic heterocycles. The molecule has 0 unspecified atom stereocenters. The second kappa shape index (κ2) is 9.84. The number of benzene rings is 1. The van der Waals surface area contributed by atoms with Crippen molar-refractivity contribution in [3.05, 3.63) is 29.6 Å². The molecule has 7 heteroatoms. The molecule has 0 atom stereocenters. The van der Waals surface area contributed by atoms with Crippen LogP contribution >= 0.6 is 0 Å². The Morgan fingerprint density at radius 3 is 2.29 bits per heavy atom. The number of nitrogens with zero attached hydrogens (tertiary/aromatic N) is 1. The maximum Gasteiger partial charge on any atom is 0.239 e. The highest BCUT2D eigenvalue weighted by molar-refractivity contribution is 5.85. The maximum atomic E-state index is 13.9. The summed E-state index contributed by atoms with van der Waals surface area (Å²) in [4.78, 5) is 27.4. The van der Waals surface area contributed by atoms with Crippen LogP contribution in [-0.2, 0) is 16.1 Å². The van der Waals surface area contributed by atoms with E-state index in [1.54, 1.807) is 6.07 Å². The molecule has 1 heterocycles. The fraction of sp³-hybridized carbons (Fsp3) is 0.704. The maximum absolute atomic E-state index is 13.9. The van der Waals surface area contributed by atoms with Gasteiger partial charge in [0.1, 0.15) is 0 Å². The number of carbonyl (C=O) groups excluding carboxylic acids is 2. The molecule has 4 bridgehead atoms. The van der Waals surface area contributed by atoms with Crippen molar-refractivity contribution >= 4 is 11.8 Å². The molecule has 5 fully saturated rings. The van der Waals surface area contributed by atoms with Crippen LogP contribution in [0.25, 0.3) is 0 Å². The number of methoxy groups -OCH3 is 1. The van der Waals surface area contributed by atoms with Crippen LogP contribution in [0.2, 0.25) is 0 Å². The molecule has 2 N–H and O–H groups in total. The summed E-state index contributed by atoms with van der Waals surface area (Å²) < 4.78 is 18.9. The van der Waals surface area contributed by atoms with Gasteiger partial charge < -0.3 is 15.4 Å². The van der Waals surface area contributed by atoms with Crippen molar-refractivity contribution < 1.29 is 18.7 Å². The van der Waals surface area contributed by atoms with Crippen molar-refractivity contribution in [2.75, 3.05) is 26.7 Å². The van der Waals surface area contributed by atoms with E-state index < -0.39 is 0 Å². The number of piperidine rings is 1. The second-order valence-electron chi connectivity index (χ2n) is 11.5. The summed E-state index contributed by atoms with van der Waals surface area (Å²) in [7, 11) is 1.46. The number of nitrogens with one attached hydrogen (secondary N) is 2. The van der Waals surface area contributed by atoms with Gasteiger partial charge in [-0.2, -0.15) is 0 Å². The first-order valence-corrected chi connectivity index (χ1v) is 13.0. The molecule has 34 heavy (non-hydrogen) atoms. The van der Waals surface area contributed by atoms with Crippen molar-refractivity contribution in [3.8, 4) is 5.75 Å². The Bertz CT molecular complexity index is 877. The average Bonchev–Trinajstić information content (AvgIpc) is 2.78. The third kappa shape index (κ3) is 5.40. The van der Waals surface area contributed by atoms with E-state index in [-0.39, 0.29) is 41.4 Å². The third-order valence-corrected chi connectivity index (χ3v) is 8.72. The fourth-order valence-electron chi connectivity index (χ4n) is 7.67. The highest BCUT2D eigenvalue weighted by Gasteiger charge is 2.51. The summed E-state index contributed by atoms with van der Waals surface area (Å²) in [5.41, 5.74) is 1.12. The van der Waals surface area contributed by atoms with E-state index in [0.29, 0.717) is 13.0 Å². The zero-order valence-corrected chi connectivity index (χ0v) is 20.3. The molecular formula is C27H38FN3O3. The molecule has 0 radical (unpaired) electrons. The average molecular weight is 472 g/mol. The lowest BCUT2D eigenvalue weighted by molar-refractivity contribution is -0.132. The summed E-state index contributed by atoms with van der Waals surface area (Å²) in [5.74, 6) is 2.35. The molecule has 4 saturated carbocycles. The van der Waals surface area contributed by atoms with Crippen molar-refractivity contribution in [2.45, 2.75) is 70.4 Å². The Morgan fingerprint density at radius 1 is 1.06 bits per heavy atom. The van der Waals surface area contributed by atoms with Gasteiger partial charge in [-0.15, -0.1) is 0 Å². The van der Waals surface area contributed by atoms with Crippen LogP contribution in [0.15, 0.2) is 18.2 Å². The molecule has 1 aromatic rings. The van der Waals surface area contributed by atoms with E-state index in [0.717, 1.165) is 49.2 Å². The molecule has 1 aromatic carbocycles. The van der Waals surface area contributed by atoms with Gasteiger partial charge in [0.2, 0.25) is 11.8 Å². The van der Waals surface area contributed by atoms with Crippen LogP contribution in [0.3, 0.4) is 0 Å². The lowest BCUT2D eigenvalue weighted by Gasteiger charge is -2.56. The van der Waals surface area contributed by atoms with Crippen molar-refractivity contribution in [3.63, 3.8) is 0 Å². The monoisotopic (exact) mass is 471 g/mol.